The largest absolute Gasteiger partial charge is 0.756 e. The van der Waals surface area contributed by atoms with Gasteiger partial charge in [-0.1, -0.05) is 0 Å². The van der Waals surface area contributed by atoms with Crippen LogP contribution in [-0.4, -0.2) is 12.2 Å². The standard InChI is InChI=1S/C6H15O4P.Zn/c1-5(2)9-11(7,8)10-6(3)4;/h5-6H,1-4H3,(H,7,8);/p-1. The Morgan fingerprint density at radius 1 is 1.08 bits per heavy atom. The molecule has 0 atom stereocenters. The summed E-state index contributed by atoms with van der Waals surface area (Å²) in [6, 6.07) is 0. The van der Waals surface area contributed by atoms with Crippen LogP contribution in [0, 0.1) is 0 Å². The summed E-state index contributed by atoms with van der Waals surface area (Å²) in [4.78, 5) is 10.8. The molecule has 0 bridgehead atoms. The van der Waals surface area contributed by atoms with Gasteiger partial charge in [-0.15, -0.1) is 0 Å². The fourth-order valence-corrected chi connectivity index (χ4v) is 1.62. The molecule has 0 N–H and O–H groups in total. The van der Waals surface area contributed by atoms with E-state index < -0.39 is 7.82 Å². The normalized spacial score (nSPS) is 11.9. The van der Waals surface area contributed by atoms with E-state index in [4.69, 9.17) is 0 Å². The van der Waals surface area contributed by atoms with E-state index in [2.05, 4.69) is 9.05 Å². The van der Waals surface area contributed by atoms with Gasteiger partial charge in [-0.3, -0.25) is 4.57 Å². The monoisotopic (exact) mass is 245 g/mol. The third kappa shape index (κ3) is 8.83. The minimum absolute atomic E-state index is 0. The molecular weight excluding hydrogens is 232 g/mol. The molecule has 0 saturated heterocycles. The Labute approximate surface area is 86.0 Å². The summed E-state index contributed by atoms with van der Waals surface area (Å²) < 4.78 is 19.9. The van der Waals surface area contributed by atoms with E-state index in [-0.39, 0.29) is 31.7 Å². The number of hydrogen-bond donors (Lipinski definition) is 0. The molecular formula is C6H14O4PZn-. The Morgan fingerprint density at radius 2 is 1.33 bits per heavy atom. The molecule has 0 unspecified atom stereocenters. The van der Waals surface area contributed by atoms with Gasteiger partial charge in [0.25, 0.3) is 7.82 Å². The van der Waals surface area contributed by atoms with Gasteiger partial charge >= 0.3 is 0 Å². The summed E-state index contributed by atoms with van der Waals surface area (Å²) in [6.07, 6.45) is -0.728. The zero-order valence-corrected chi connectivity index (χ0v) is 11.8. The predicted octanol–water partition coefficient (Wildman–Crippen LogP) is 1.30. The van der Waals surface area contributed by atoms with Crippen molar-refractivity contribution in [1.29, 1.82) is 0 Å². The van der Waals surface area contributed by atoms with E-state index >= 15 is 0 Å². The van der Waals surface area contributed by atoms with Crippen molar-refractivity contribution in [2.45, 2.75) is 39.9 Å². The Kier molecular flexibility index (Phi) is 7.90. The maximum absolute atomic E-state index is 10.8. The van der Waals surface area contributed by atoms with Crippen molar-refractivity contribution in [2.75, 3.05) is 0 Å². The van der Waals surface area contributed by atoms with E-state index in [0.29, 0.717) is 0 Å². The molecule has 4 nitrogen and oxygen atoms in total. The second-order valence-corrected chi connectivity index (χ2v) is 4.07. The summed E-state index contributed by atoms with van der Waals surface area (Å²) >= 11 is 0. The van der Waals surface area contributed by atoms with Crippen molar-refractivity contribution in [3.05, 3.63) is 0 Å². The third-order valence-electron chi connectivity index (χ3n) is 0.680. The van der Waals surface area contributed by atoms with Gasteiger partial charge in [-0.2, -0.15) is 0 Å². The molecule has 0 fully saturated rings. The average molecular weight is 247 g/mol. The van der Waals surface area contributed by atoms with E-state index in [9.17, 15) is 9.46 Å². The van der Waals surface area contributed by atoms with Crippen LogP contribution in [0.5, 0.6) is 0 Å². The van der Waals surface area contributed by atoms with E-state index in [1.54, 1.807) is 27.7 Å². The van der Waals surface area contributed by atoms with Crippen LogP contribution >= 0.6 is 7.82 Å². The topological polar surface area (TPSA) is 58.6 Å². The average Bonchev–Trinajstić information content (AvgIpc) is 1.53. The van der Waals surface area contributed by atoms with E-state index in [1.807, 2.05) is 0 Å². The van der Waals surface area contributed by atoms with Gasteiger partial charge in [0.05, 0.1) is 12.2 Å². The van der Waals surface area contributed by atoms with Crippen molar-refractivity contribution >= 4 is 7.82 Å². The molecule has 0 rings (SSSR count). The zero-order valence-electron chi connectivity index (χ0n) is 7.94. The first-order chi connectivity index (χ1) is 4.83. The van der Waals surface area contributed by atoms with Gasteiger partial charge in [0.2, 0.25) is 0 Å². The van der Waals surface area contributed by atoms with Crippen LogP contribution in [-0.2, 0) is 33.1 Å². The molecule has 12 heavy (non-hydrogen) atoms. The Bertz CT molecular complexity index is 146. The van der Waals surface area contributed by atoms with E-state index in [0.717, 1.165) is 0 Å². The molecule has 0 aromatic rings. The Balaban J connectivity index is 0. The van der Waals surface area contributed by atoms with Crippen LogP contribution in [0.4, 0.5) is 0 Å². The molecule has 0 saturated carbocycles. The van der Waals surface area contributed by atoms with Crippen LogP contribution < -0.4 is 4.89 Å². The molecule has 0 aromatic carbocycles. The fourth-order valence-electron chi connectivity index (χ4n) is 0.541. The number of phosphoric ester groups is 1. The number of rotatable bonds is 4. The number of phosphoric acid groups is 1. The molecule has 0 aliphatic carbocycles. The van der Waals surface area contributed by atoms with Gasteiger partial charge < -0.3 is 13.9 Å². The van der Waals surface area contributed by atoms with Gasteiger partial charge in [0, 0.05) is 19.5 Å². The Hall–Kier alpha value is 0.733. The van der Waals surface area contributed by atoms with Gasteiger partial charge in [0.1, 0.15) is 0 Å². The quantitative estimate of drug-likeness (QED) is 0.554. The first-order valence-electron chi connectivity index (χ1n) is 3.51. The summed E-state index contributed by atoms with van der Waals surface area (Å²) in [5, 5.41) is 0. The second-order valence-electron chi connectivity index (χ2n) is 2.76. The van der Waals surface area contributed by atoms with Crippen molar-refractivity contribution < 1.29 is 38.0 Å². The third-order valence-corrected chi connectivity index (χ3v) is 2.04. The summed E-state index contributed by atoms with van der Waals surface area (Å²) in [5.74, 6) is 0. The smallest absolute Gasteiger partial charge is 0.268 e. The van der Waals surface area contributed by atoms with Gasteiger partial charge in [-0.05, 0) is 27.7 Å². The molecule has 0 aliphatic rings. The molecule has 0 heterocycles. The molecule has 0 amide bonds. The SMILES string of the molecule is CC(C)OP(=O)([O-])OC(C)C.[Zn]. The molecule has 6 heteroatoms. The second kappa shape index (κ2) is 6.23. The number of hydrogen-bond acceptors (Lipinski definition) is 4. The van der Waals surface area contributed by atoms with Gasteiger partial charge in [0.15, 0.2) is 0 Å². The molecule has 0 aliphatic heterocycles. The van der Waals surface area contributed by atoms with Crippen LogP contribution in [0.25, 0.3) is 0 Å². The molecule has 70 valence electrons. The van der Waals surface area contributed by atoms with Crippen molar-refractivity contribution in [3.8, 4) is 0 Å². The first kappa shape index (κ1) is 15.2. The minimum atomic E-state index is -4.05. The van der Waals surface area contributed by atoms with E-state index in [1.165, 1.54) is 0 Å². The maximum atomic E-state index is 10.8. The summed E-state index contributed by atoms with van der Waals surface area (Å²) in [5.41, 5.74) is 0. The zero-order chi connectivity index (χ0) is 9.07. The summed E-state index contributed by atoms with van der Waals surface area (Å²) in [6.45, 7) is 6.53. The molecule has 0 radical (unpaired) electrons. The van der Waals surface area contributed by atoms with Crippen molar-refractivity contribution in [3.63, 3.8) is 0 Å². The summed E-state index contributed by atoms with van der Waals surface area (Å²) in [7, 11) is -4.05. The van der Waals surface area contributed by atoms with Crippen LogP contribution in [0.3, 0.4) is 0 Å². The van der Waals surface area contributed by atoms with Crippen LogP contribution in [0.1, 0.15) is 27.7 Å². The van der Waals surface area contributed by atoms with Crippen molar-refractivity contribution in [1.82, 2.24) is 0 Å². The van der Waals surface area contributed by atoms with Crippen LogP contribution in [0.15, 0.2) is 0 Å². The predicted molar refractivity (Wildman–Crippen MR) is 40.0 cm³/mol. The van der Waals surface area contributed by atoms with Crippen molar-refractivity contribution in [2.24, 2.45) is 0 Å². The fraction of sp³-hybridized carbons (Fsp3) is 1.00. The first-order valence-corrected chi connectivity index (χ1v) is 4.97. The molecule has 0 aromatic heterocycles. The maximum Gasteiger partial charge on any atom is 0.268 e. The van der Waals surface area contributed by atoms with Crippen LogP contribution in [0.2, 0.25) is 0 Å². The Morgan fingerprint density at radius 3 is 1.50 bits per heavy atom. The molecule has 0 spiro atoms. The minimum Gasteiger partial charge on any atom is -0.756 e. The van der Waals surface area contributed by atoms with Gasteiger partial charge in [-0.25, -0.2) is 0 Å².